The summed E-state index contributed by atoms with van der Waals surface area (Å²) in [6.45, 7) is 2.85. The number of hydrogen-bond acceptors (Lipinski definition) is 1. The summed E-state index contributed by atoms with van der Waals surface area (Å²) in [5.41, 5.74) is 0. The van der Waals surface area contributed by atoms with Gasteiger partial charge in [0.15, 0.2) is 11.6 Å². The van der Waals surface area contributed by atoms with Crippen molar-refractivity contribution in [3.05, 3.63) is 42.0 Å². The van der Waals surface area contributed by atoms with Crippen LogP contribution in [0.5, 0.6) is 5.75 Å². The monoisotopic (exact) mass is 376 g/mol. The SMILES string of the molecule is CCCC=CC1CCC(C2CCC(COc3ccc(F)c(F)c3)CC2)CC1. The lowest BCUT2D eigenvalue weighted by Gasteiger charge is -2.37. The number of hydrogen-bond donors (Lipinski definition) is 0. The zero-order valence-electron chi connectivity index (χ0n) is 16.6. The van der Waals surface area contributed by atoms with Crippen LogP contribution in [-0.2, 0) is 0 Å². The van der Waals surface area contributed by atoms with Crippen LogP contribution in [0.1, 0.15) is 71.1 Å². The normalized spacial score (nSPS) is 29.1. The minimum atomic E-state index is -0.837. The van der Waals surface area contributed by atoms with Gasteiger partial charge in [-0.2, -0.15) is 0 Å². The molecule has 150 valence electrons. The lowest BCUT2D eigenvalue weighted by atomic mass is 9.69. The second-order valence-corrected chi connectivity index (χ2v) is 8.56. The quantitative estimate of drug-likeness (QED) is 0.453. The summed E-state index contributed by atoms with van der Waals surface area (Å²) in [7, 11) is 0. The van der Waals surface area contributed by atoms with Crippen LogP contribution >= 0.6 is 0 Å². The molecule has 0 heterocycles. The Morgan fingerprint density at radius 1 is 0.926 bits per heavy atom. The van der Waals surface area contributed by atoms with Crippen molar-refractivity contribution >= 4 is 0 Å². The average Bonchev–Trinajstić information content (AvgIpc) is 2.70. The number of halogens is 2. The number of unbranched alkanes of at least 4 members (excludes halogenated alkanes) is 1. The van der Waals surface area contributed by atoms with Gasteiger partial charge in [-0.1, -0.05) is 25.5 Å². The zero-order chi connectivity index (χ0) is 19.1. The zero-order valence-corrected chi connectivity index (χ0v) is 16.6. The van der Waals surface area contributed by atoms with E-state index in [2.05, 4.69) is 19.1 Å². The highest BCUT2D eigenvalue weighted by molar-refractivity contribution is 5.23. The highest BCUT2D eigenvalue weighted by Crippen LogP contribution is 2.41. The Morgan fingerprint density at radius 3 is 2.22 bits per heavy atom. The van der Waals surface area contributed by atoms with Crippen molar-refractivity contribution in [3.8, 4) is 5.75 Å². The molecule has 0 radical (unpaired) electrons. The molecule has 1 aromatic carbocycles. The first-order valence-electron chi connectivity index (χ1n) is 10.9. The van der Waals surface area contributed by atoms with Gasteiger partial charge in [-0.25, -0.2) is 8.78 Å². The highest BCUT2D eigenvalue weighted by atomic mass is 19.2. The Hall–Kier alpha value is -1.38. The standard InChI is InChI=1S/C24H34F2O/c1-2-3-4-5-18-6-10-20(11-7-18)21-12-8-19(9-13-21)17-27-22-14-15-23(25)24(26)16-22/h4-5,14-16,18-21H,2-3,6-13,17H2,1H3. The van der Waals surface area contributed by atoms with E-state index in [0.29, 0.717) is 18.3 Å². The first kappa shape index (κ1) is 20.4. The molecule has 0 aliphatic heterocycles. The van der Waals surface area contributed by atoms with Crippen LogP contribution in [0.4, 0.5) is 8.78 Å². The van der Waals surface area contributed by atoms with Gasteiger partial charge in [0.05, 0.1) is 6.61 Å². The Kier molecular flexibility index (Phi) is 7.72. The van der Waals surface area contributed by atoms with Crippen molar-refractivity contribution in [2.24, 2.45) is 23.7 Å². The number of rotatable bonds is 7. The largest absolute Gasteiger partial charge is 0.493 e. The molecule has 2 saturated carbocycles. The van der Waals surface area contributed by atoms with E-state index < -0.39 is 11.6 Å². The van der Waals surface area contributed by atoms with E-state index in [0.717, 1.165) is 29.9 Å². The van der Waals surface area contributed by atoms with Gasteiger partial charge >= 0.3 is 0 Å². The van der Waals surface area contributed by atoms with E-state index in [4.69, 9.17) is 4.74 Å². The molecule has 0 aromatic heterocycles. The van der Waals surface area contributed by atoms with Crippen molar-refractivity contribution < 1.29 is 13.5 Å². The fourth-order valence-electron chi connectivity index (χ4n) is 4.87. The van der Waals surface area contributed by atoms with Crippen LogP contribution in [0.15, 0.2) is 30.4 Å². The molecule has 0 atom stereocenters. The minimum absolute atomic E-state index is 0.436. The Balaban J connectivity index is 1.36. The molecule has 27 heavy (non-hydrogen) atoms. The maximum Gasteiger partial charge on any atom is 0.162 e. The van der Waals surface area contributed by atoms with Gasteiger partial charge in [0, 0.05) is 6.07 Å². The van der Waals surface area contributed by atoms with Gasteiger partial charge < -0.3 is 4.74 Å². The summed E-state index contributed by atoms with van der Waals surface area (Å²) in [5.74, 6) is 1.93. The molecule has 2 aliphatic carbocycles. The molecule has 1 nitrogen and oxygen atoms in total. The van der Waals surface area contributed by atoms with Crippen LogP contribution in [0.3, 0.4) is 0 Å². The fourth-order valence-corrected chi connectivity index (χ4v) is 4.87. The van der Waals surface area contributed by atoms with Crippen molar-refractivity contribution in [3.63, 3.8) is 0 Å². The van der Waals surface area contributed by atoms with Crippen molar-refractivity contribution in [2.75, 3.05) is 6.61 Å². The summed E-state index contributed by atoms with van der Waals surface area (Å²) < 4.78 is 31.9. The third-order valence-corrected chi connectivity index (χ3v) is 6.61. The average molecular weight is 377 g/mol. The summed E-state index contributed by atoms with van der Waals surface area (Å²) in [6.07, 6.45) is 17.8. The molecule has 3 heteroatoms. The van der Waals surface area contributed by atoms with Gasteiger partial charge in [-0.05, 0) is 93.6 Å². The molecule has 0 unspecified atom stereocenters. The summed E-state index contributed by atoms with van der Waals surface area (Å²) in [5, 5.41) is 0. The van der Waals surface area contributed by atoms with Gasteiger partial charge in [-0.3, -0.25) is 0 Å². The van der Waals surface area contributed by atoms with E-state index >= 15 is 0 Å². The third kappa shape index (κ3) is 6.05. The smallest absolute Gasteiger partial charge is 0.162 e. The Labute approximate surface area is 163 Å². The number of ether oxygens (including phenoxy) is 1. The summed E-state index contributed by atoms with van der Waals surface area (Å²) in [6, 6.07) is 3.79. The summed E-state index contributed by atoms with van der Waals surface area (Å²) >= 11 is 0. The van der Waals surface area contributed by atoms with Crippen LogP contribution in [0.2, 0.25) is 0 Å². The molecule has 2 fully saturated rings. The van der Waals surface area contributed by atoms with Crippen molar-refractivity contribution in [1.29, 1.82) is 0 Å². The van der Waals surface area contributed by atoms with Crippen molar-refractivity contribution in [1.82, 2.24) is 0 Å². The van der Waals surface area contributed by atoms with Crippen LogP contribution in [0, 0.1) is 35.3 Å². The first-order valence-corrected chi connectivity index (χ1v) is 10.9. The molecular formula is C24H34F2O. The van der Waals surface area contributed by atoms with Crippen LogP contribution in [-0.4, -0.2) is 6.61 Å². The summed E-state index contributed by atoms with van der Waals surface area (Å²) in [4.78, 5) is 0. The molecule has 0 amide bonds. The maximum atomic E-state index is 13.3. The number of benzene rings is 1. The second kappa shape index (κ2) is 10.2. The predicted molar refractivity (Wildman–Crippen MR) is 107 cm³/mol. The van der Waals surface area contributed by atoms with Gasteiger partial charge in [0.2, 0.25) is 0 Å². The van der Waals surface area contributed by atoms with Gasteiger partial charge in [0.1, 0.15) is 5.75 Å². The fraction of sp³-hybridized carbons (Fsp3) is 0.667. The van der Waals surface area contributed by atoms with Crippen LogP contribution in [0.25, 0.3) is 0 Å². The lowest BCUT2D eigenvalue weighted by molar-refractivity contribution is 0.129. The molecule has 0 N–H and O–H groups in total. The third-order valence-electron chi connectivity index (χ3n) is 6.61. The van der Waals surface area contributed by atoms with E-state index in [1.54, 1.807) is 0 Å². The number of allylic oxidation sites excluding steroid dienone is 2. The lowest BCUT2D eigenvalue weighted by Crippen LogP contribution is -2.27. The van der Waals surface area contributed by atoms with Gasteiger partial charge in [0.25, 0.3) is 0 Å². The molecule has 0 saturated heterocycles. The molecule has 0 spiro atoms. The predicted octanol–water partition coefficient (Wildman–Crippen LogP) is 7.31. The molecule has 1 aromatic rings. The topological polar surface area (TPSA) is 9.23 Å². The maximum absolute atomic E-state index is 13.3. The molecule has 2 aliphatic rings. The minimum Gasteiger partial charge on any atom is -0.493 e. The molecule has 0 bridgehead atoms. The molecule has 3 rings (SSSR count). The Morgan fingerprint density at radius 2 is 1.59 bits per heavy atom. The van der Waals surface area contributed by atoms with E-state index in [1.165, 1.54) is 70.3 Å². The van der Waals surface area contributed by atoms with Gasteiger partial charge in [-0.15, -0.1) is 0 Å². The first-order chi connectivity index (χ1) is 13.2. The van der Waals surface area contributed by atoms with E-state index in [1.807, 2.05) is 0 Å². The highest BCUT2D eigenvalue weighted by Gasteiger charge is 2.30. The van der Waals surface area contributed by atoms with Crippen molar-refractivity contribution in [2.45, 2.75) is 71.1 Å². The van der Waals surface area contributed by atoms with Crippen LogP contribution < -0.4 is 4.74 Å². The Bertz CT molecular complexity index is 596. The van der Waals surface area contributed by atoms with E-state index in [9.17, 15) is 8.78 Å². The molecular weight excluding hydrogens is 342 g/mol. The van der Waals surface area contributed by atoms with E-state index in [-0.39, 0.29) is 0 Å². The second-order valence-electron chi connectivity index (χ2n) is 8.56.